The molecule has 4 aliphatic carbocycles. The van der Waals surface area contributed by atoms with Crippen LogP contribution in [0, 0.1) is 33.5 Å². The van der Waals surface area contributed by atoms with Gasteiger partial charge in [0.1, 0.15) is 0 Å². The van der Waals surface area contributed by atoms with Gasteiger partial charge in [-0.15, -0.1) is 0 Å². The molecule has 0 aliphatic heterocycles. The van der Waals surface area contributed by atoms with Gasteiger partial charge in [-0.1, -0.05) is 63.5 Å². The first-order valence-electron chi connectivity index (χ1n) is 12.5. The molecule has 5 rings (SSSR count). The van der Waals surface area contributed by atoms with Crippen molar-refractivity contribution in [1.82, 2.24) is 0 Å². The maximum atomic E-state index is 6.57. The lowest BCUT2D eigenvalue weighted by atomic mass is 9.70. The van der Waals surface area contributed by atoms with Crippen LogP contribution in [-0.2, 0) is 22.7 Å². The fourth-order valence-corrected chi connectivity index (χ4v) is 8.63. The molecule has 6 atom stereocenters. The minimum absolute atomic E-state index is 0.319. The topological polar surface area (TPSA) is 18.5 Å². The molecule has 0 amide bonds. The van der Waals surface area contributed by atoms with Crippen molar-refractivity contribution in [2.45, 2.75) is 105 Å². The summed E-state index contributed by atoms with van der Waals surface area (Å²) >= 11 is 3.73. The molecule has 6 unspecified atom stereocenters. The zero-order valence-corrected chi connectivity index (χ0v) is 22.0. The molecule has 0 saturated heterocycles. The normalized spacial score (nSPS) is 41.9. The summed E-state index contributed by atoms with van der Waals surface area (Å²) in [7, 11) is 0. The maximum Gasteiger partial charge on any atom is 0.0721 e. The van der Waals surface area contributed by atoms with Gasteiger partial charge in [-0.05, 0) is 95.3 Å². The number of halogens is 1. The zero-order chi connectivity index (χ0) is 22.2. The molecular weight excluding hydrogens is 448 g/mol. The van der Waals surface area contributed by atoms with Gasteiger partial charge in [0.15, 0.2) is 0 Å². The van der Waals surface area contributed by atoms with Gasteiger partial charge in [0.05, 0.1) is 25.4 Å². The van der Waals surface area contributed by atoms with E-state index in [-0.39, 0.29) is 0 Å². The second kappa shape index (κ2) is 7.31. The summed E-state index contributed by atoms with van der Waals surface area (Å²) in [5.41, 5.74) is 3.96. The molecule has 172 valence electrons. The fraction of sp³-hybridized carbons (Fsp3) is 0.786. The van der Waals surface area contributed by atoms with Crippen LogP contribution in [0.1, 0.15) is 91.2 Å². The summed E-state index contributed by atoms with van der Waals surface area (Å²) in [5, 5.41) is 0. The summed E-state index contributed by atoms with van der Waals surface area (Å²) in [6, 6.07) is 6.73. The Hall–Kier alpha value is -0.380. The molecule has 4 bridgehead atoms. The Kier molecular flexibility index (Phi) is 5.28. The van der Waals surface area contributed by atoms with Crippen LogP contribution in [0.3, 0.4) is 0 Å². The van der Waals surface area contributed by atoms with Gasteiger partial charge in [0, 0.05) is 4.47 Å². The number of fused-ring (bicyclic) bond motifs is 4. The number of benzene rings is 1. The summed E-state index contributed by atoms with van der Waals surface area (Å²) in [6.07, 6.45) is 8.59. The van der Waals surface area contributed by atoms with Crippen molar-refractivity contribution in [3.8, 4) is 0 Å². The molecule has 0 radical (unpaired) electrons. The molecule has 4 saturated carbocycles. The van der Waals surface area contributed by atoms with E-state index in [1.807, 2.05) is 0 Å². The van der Waals surface area contributed by atoms with Crippen molar-refractivity contribution in [3.05, 3.63) is 33.8 Å². The highest BCUT2D eigenvalue weighted by atomic mass is 79.9. The van der Waals surface area contributed by atoms with Crippen molar-refractivity contribution in [3.63, 3.8) is 0 Å². The van der Waals surface area contributed by atoms with E-state index in [2.05, 4.69) is 75.7 Å². The predicted octanol–water partition coefficient (Wildman–Crippen LogP) is 7.91. The average molecular weight is 490 g/mol. The Labute approximate surface area is 198 Å². The highest BCUT2D eigenvalue weighted by Crippen LogP contribution is 2.67. The Morgan fingerprint density at radius 1 is 0.742 bits per heavy atom. The molecular formula is C28H41BrO2. The number of hydrogen-bond donors (Lipinski definition) is 0. The van der Waals surface area contributed by atoms with Crippen molar-refractivity contribution in [1.29, 1.82) is 0 Å². The third-order valence-electron chi connectivity index (χ3n) is 11.3. The second-order valence-corrected chi connectivity index (χ2v) is 13.7. The summed E-state index contributed by atoms with van der Waals surface area (Å²) < 4.78 is 14.3. The molecule has 1 aromatic rings. The van der Waals surface area contributed by atoms with Gasteiger partial charge in [-0.2, -0.15) is 0 Å². The van der Waals surface area contributed by atoms with Gasteiger partial charge >= 0.3 is 0 Å². The quantitative estimate of drug-likeness (QED) is 0.404. The molecule has 0 spiro atoms. The molecule has 1 aromatic carbocycles. The largest absolute Gasteiger partial charge is 0.373 e. The van der Waals surface area contributed by atoms with Crippen LogP contribution < -0.4 is 0 Å². The monoisotopic (exact) mass is 488 g/mol. The van der Waals surface area contributed by atoms with E-state index in [4.69, 9.17) is 9.47 Å². The highest BCUT2D eigenvalue weighted by Gasteiger charge is 2.62. The maximum absolute atomic E-state index is 6.57. The smallest absolute Gasteiger partial charge is 0.0721 e. The molecule has 4 aliphatic rings. The molecule has 3 heteroatoms. The second-order valence-electron chi connectivity index (χ2n) is 12.8. The van der Waals surface area contributed by atoms with Crippen LogP contribution in [-0.4, -0.2) is 12.2 Å². The van der Waals surface area contributed by atoms with E-state index in [1.54, 1.807) is 0 Å². The Morgan fingerprint density at radius 3 is 1.48 bits per heavy atom. The Morgan fingerprint density at radius 2 is 1.16 bits per heavy atom. The minimum atomic E-state index is 0.319. The van der Waals surface area contributed by atoms with Crippen LogP contribution in [0.15, 0.2) is 22.7 Å². The molecule has 4 fully saturated rings. The van der Waals surface area contributed by atoms with Crippen molar-refractivity contribution in [2.75, 3.05) is 0 Å². The number of rotatable bonds is 6. The van der Waals surface area contributed by atoms with Crippen LogP contribution >= 0.6 is 15.9 Å². The first-order chi connectivity index (χ1) is 14.5. The fourth-order valence-electron chi connectivity index (χ4n) is 8.04. The van der Waals surface area contributed by atoms with E-state index in [9.17, 15) is 0 Å². The minimum Gasteiger partial charge on any atom is -0.373 e. The molecule has 0 heterocycles. The highest BCUT2D eigenvalue weighted by molar-refractivity contribution is 9.10. The summed E-state index contributed by atoms with van der Waals surface area (Å²) in [5.74, 6) is 1.64. The van der Waals surface area contributed by atoms with Gasteiger partial charge in [0.25, 0.3) is 0 Å². The van der Waals surface area contributed by atoms with E-state index < -0.39 is 0 Å². The van der Waals surface area contributed by atoms with Crippen LogP contribution in [0.25, 0.3) is 0 Å². The summed E-state index contributed by atoms with van der Waals surface area (Å²) in [6.45, 7) is 16.2. The van der Waals surface area contributed by atoms with Gasteiger partial charge < -0.3 is 9.47 Å². The summed E-state index contributed by atoms with van der Waals surface area (Å²) in [4.78, 5) is 0. The van der Waals surface area contributed by atoms with Crippen LogP contribution in [0.5, 0.6) is 0 Å². The Bertz CT molecular complexity index is 794. The van der Waals surface area contributed by atoms with Gasteiger partial charge in [-0.25, -0.2) is 0 Å². The lowest BCUT2D eigenvalue weighted by Crippen LogP contribution is -2.37. The number of ether oxygens (including phenoxy) is 2. The molecule has 2 nitrogen and oxygen atoms in total. The predicted molar refractivity (Wildman–Crippen MR) is 130 cm³/mol. The van der Waals surface area contributed by atoms with Crippen molar-refractivity contribution < 1.29 is 9.47 Å². The van der Waals surface area contributed by atoms with Crippen LogP contribution in [0.2, 0.25) is 0 Å². The van der Waals surface area contributed by atoms with Gasteiger partial charge in [-0.3, -0.25) is 0 Å². The third kappa shape index (κ3) is 3.23. The zero-order valence-electron chi connectivity index (χ0n) is 20.4. The van der Waals surface area contributed by atoms with Crippen LogP contribution in [0.4, 0.5) is 0 Å². The van der Waals surface area contributed by atoms with E-state index in [0.717, 1.165) is 16.3 Å². The van der Waals surface area contributed by atoms with Crippen molar-refractivity contribution >= 4 is 15.9 Å². The third-order valence-corrected chi connectivity index (χ3v) is 11.8. The van der Waals surface area contributed by atoms with E-state index in [1.165, 1.54) is 49.7 Å². The standard InChI is InChI=1S/C28H41BrO2/c1-25(2)20-7-9-27(25,5)23(14-20)30-16-18-11-19(13-22(29)12-18)17-31-24-15-21-8-10-28(24,6)26(21,3)4/h11-13,20-21,23-24H,7-10,14-17H2,1-6H3. The Balaban J connectivity index is 1.23. The number of hydrogen-bond acceptors (Lipinski definition) is 2. The molecule has 0 aromatic heterocycles. The van der Waals surface area contributed by atoms with Gasteiger partial charge in [0.2, 0.25) is 0 Å². The molecule has 31 heavy (non-hydrogen) atoms. The first-order valence-corrected chi connectivity index (χ1v) is 13.3. The van der Waals surface area contributed by atoms with Crippen molar-refractivity contribution in [2.24, 2.45) is 33.5 Å². The SMILES string of the molecule is CC1(C)C2CCC1(C)C(OCc1cc(Br)cc(COC3CC4CCC3(C)C4(C)C)c1)C2. The van der Waals surface area contributed by atoms with E-state index in [0.29, 0.717) is 47.1 Å². The lowest BCUT2D eigenvalue weighted by Gasteiger charge is -2.39. The lowest BCUT2D eigenvalue weighted by molar-refractivity contribution is -0.0566. The average Bonchev–Trinajstić information content (AvgIpc) is 3.21. The molecule has 0 N–H and O–H groups in total. The van der Waals surface area contributed by atoms with E-state index >= 15 is 0 Å². The first kappa shape index (κ1) is 22.4.